The molecule has 0 aliphatic rings. The van der Waals surface area contributed by atoms with E-state index in [2.05, 4.69) is 21.4 Å². The van der Waals surface area contributed by atoms with Crippen LogP contribution < -0.4 is 9.47 Å². The van der Waals surface area contributed by atoms with E-state index in [9.17, 15) is 0 Å². The van der Waals surface area contributed by atoms with Gasteiger partial charge in [0, 0.05) is 26.9 Å². The minimum absolute atomic E-state index is 0.431. The van der Waals surface area contributed by atoms with Crippen LogP contribution in [0.1, 0.15) is 5.56 Å². The SMILES string of the molecule is COc1cccc(CCl)c1OC.O=S(Cl)Cl. The van der Waals surface area contributed by atoms with Gasteiger partial charge >= 0.3 is 0 Å². The first kappa shape index (κ1) is 15.8. The Hall–Kier alpha value is -0.160. The van der Waals surface area contributed by atoms with Crippen molar-refractivity contribution in [2.75, 3.05) is 14.2 Å². The van der Waals surface area contributed by atoms with Crippen LogP contribution in [0.25, 0.3) is 0 Å². The second-order valence-electron chi connectivity index (χ2n) is 2.47. The molecule has 0 atom stereocenters. The summed E-state index contributed by atoms with van der Waals surface area (Å²) in [4.78, 5) is 0. The Balaban J connectivity index is 0.000000487. The molecule has 0 bridgehead atoms. The Morgan fingerprint density at radius 3 is 2.19 bits per heavy atom. The zero-order valence-corrected chi connectivity index (χ0v) is 11.8. The van der Waals surface area contributed by atoms with Crippen molar-refractivity contribution in [3.8, 4) is 11.5 Å². The fraction of sp³-hybridized carbons (Fsp3) is 0.333. The van der Waals surface area contributed by atoms with Crippen molar-refractivity contribution in [1.29, 1.82) is 0 Å². The van der Waals surface area contributed by atoms with E-state index in [-0.39, 0.29) is 0 Å². The maximum Gasteiger partial charge on any atom is 0.211 e. The van der Waals surface area contributed by atoms with Crippen LogP contribution in [0.15, 0.2) is 18.2 Å². The average Bonchev–Trinajstić information content (AvgIpc) is 2.26. The molecule has 0 aliphatic heterocycles. The highest BCUT2D eigenvalue weighted by Gasteiger charge is 2.06. The summed E-state index contributed by atoms with van der Waals surface area (Å²) in [5.74, 6) is 1.87. The first-order chi connectivity index (χ1) is 7.56. The van der Waals surface area contributed by atoms with E-state index >= 15 is 0 Å². The third-order valence-electron chi connectivity index (χ3n) is 1.63. The van der Waals surface area contributed by atoms with Crippen molar-refractivity contribution in [2.24, 2.45) is 0 Å². The molecule has 1 aromatic carbocycles. The molecule has 0 N–H and O–H groups in total. The number of para-hydroxylation sites is 1. The topological polar surface area (TPSA) is 35.5 Å². The van der Waals surface area contributed by atoms with Crippen molar-refractivity contribution in [1.82, 2.24) is 0 Å². The van der Waals surface area contributed by atoms with Crippen LogP contribution in [0, 0.1) is 0 Å². The van der Waals surface area contributed by atoms with Gasteiger partial charge in [-0.25, -0.2) is 4.21 Å². The van der Waals surface area contributed by atoms with Crippen LogP contribution >= 0.6 is 33.0 Å². The molecule has 1 rings (SSSR count). The minimum atomic E-state index is -1.67. The number of alkyl halides is 1. The summed E-state index contributed by atoms with van der Waals surface area (Å²) in [6, 6.07) is 5.64. The highest BCUT2D eigenvalue weighted by atomic mass is 36.0. The van der Waals surface area contributed by atoms with Gasteiger partial charge in [-0.15, -0.1) is 11.6 Å². The number of hydrogen-bond donors (Lipinski definition) is 0. The number of benzene rings is 1. The molecule has 0 radical (unpaired) electrons. The van der Waals surface area contributed by atoms with Crippen molar-refractivity contribution < 1.29 is 13.7 Å². The molecule has 0 aromatic heterocycles. The van der Waals surface area contributed by atoms with E-state index < -0.39 is 9.23 Å². The smallest absolute Gasteiger partial charge is 0.211 e. The first-order valence-electron chi connectivity index (χ1n) is 4.06. The highest BCUT2D eigenvalue weighted by molar-refractivity contribution is 8.26. The van der Waals surface area contributed by atoms with E-state index in [0.717, 1.165) is 17.1 Å². The summed E-state index contributed by atoms with van der Waals surface area (Å²) in [6.45, 7) is 0. The van der Waals surface area contributed by atoms with Crippen molar-refractivity contribution in [2.45, 2.75) is 5.88 Å². The van der Waals surface area contributed by atoms with E-state index in [1.807, 2.05) is 18.2 Å². The zero-order chi connectivity index (χ0) is 12.6. The molecule has 3 nitrogen and oxygen atoms in total. The summed E-state index contributed by atoms with van der Waals surface area (Å²) in [6.07, 6.45) is 0. The molecular weight excluding hydrogens is 295 g/mol. The van der Waals surface area contributed by atoms with Gasteiger partial charge in [0.05, 0.1) is 20.1 Å². The Bertz CT molecular complexity index is 321. The summed E-state index contributed by atoms with van der Waals surface area (Å²) in [7, 11) is 10.6. The van der Waals surface area contributed by atoms with Crippen LogP contribution in [-0.2, 0) is 15.1 Å². The quantitative estimate of drug-likeness (QED) is 0.633. The lowest BCUT2D eigenvalue weighted by molar-refractivity contribution is 0.352. The van der Waals surface area contributed by atoms with Gasteiger partial charge < -0.3 is 9.47 Å². The first-order valence-corrected chi connectivity index (χ1v) is 7.40. The molecule has 0 fully saturated rings. The fourth-order valence-electron chi connectivity index (χ4n) is 1.06. The molecule has 0 saturated heterocycles. The van der Waals surface area contributed by atoms with E-state index in [0.29, 0.717) is 5.88 Å². The molecule has 92 valence electrons. The fourth-order valence-corrected chi connectivity index (χ4v) is 1.27. The van der Waals surface area contributed by atoms with Gasteiger partial charge in [0.1, 0.15) is 0 Å². The van der Waals surface area contributed by atoms with Gasteiger partial charge in [-0.2, -0.15) is 0 Å². The monoisotopic (exact) mass is 304 g/mol. The molecule has 0 aliphatic carbocycles. The van der Waals surface area contributed by atoms with Gasteiger partial charge in [0.25, 0.3) is 0 Å². The normalized spacial score (nSPS) is 9.38. The lowest BCUT2D eigenvalue weighted by Gasteiger charge is -2.09. The summed E-state index contributed by atoms with van der Waals surface area (Å²) in [5.41, 5.74) is 0.943. The third-order valence-corrected chi connectivity index (χ3v) is 1.92. The number of ether oxygens (including phenoxy) is 2. The molecule has 0 amide bonds. The Kier molecular flexibility index (Phi) is 8.84. The van der Waals surface area contributed by atoms with Crippen LogP contribution in [0.4, 0.5) is 0 Å². The molecule has 1 aromatic rings. The largest absolute Gasteiger partial charge is 0.493 e. The molecule has 0 saturated carbocycles. The molecular formula is C9H11Cl3O3S. The predicted octanol–water partition coefficient (Wildman–Crippen LogP) is 3.49. The maximum atomic E-state index is 9.09. The van der Waals surface area contributed by atoms with Crippen LogP contribution in [0.2, 0.25) is 0 Å². The number of hydrogen-bond acceptors (Lipinski definition) is 3. The Morgan fingerprint density at radius 2 is 1.81 bits per heavy atom. The maximum absolute atomic E-state index is 9.09. The Morgan fingerprint density at radius 1 is 1.25 bits per heavy atom. The van der Waals surface area contributed by atoms with E-state index in [4.69, 9.17) is 25.3 Å². The second-order valence-corrected chi connectivity index (χ2v) is 5.26. The van der Waals surface area contributed by atoms with Gasteiger partial charge in [-0.05, 0) is 6.07 Å². The third kappa shape index (κ3) is 5.80. The summed E-state index contributed by atoms with van der Waals surface area (Å²) in [5, 5.41) is 0. The van der Waals surface area contributed by atoms with E-state index in [1.165, 1.54) is 0 Å². The highest BCUT2D eigenvalue weighted by Crippen LogP contribution is 2.31. The molecule has 16 heavy (non-hydrogen) atoms. The van der Waals surface area contributed by atoms with Gasteiger partial charge in [0.15, 0.2) is 11.5 Å². The standard InChI is InChI=1S/C9H11ClO2.Cl2OS/c1-11-8-5-3-4-7(6-10)9(8)12-2;1-4(2)3/h3-5H,6H2,1-2H3;. The molecule has 0 spiro atoms. The lowest BCUT2D eigenvalue weighted by atomic mass is 10.2. The molecule has 0 unspecified atom stereocenters. The zero-order valence-electron chi connectivity index (χ0n) is 8.71. The summed E-state index contributed by atoms with van der Waals surface area (Å²) >= 11 is 5.70. The van der Waals surface area contributed by atoms with E-state index in [1.54, 1.807) is 14.2 Å². The molecule has 0 heterocycles. The van der Waals surface area contributed by atoms with Gasteiger partial charge in [0.2, 0.25) is 9.23 Å². The van der Waals surface area contributed by atoms with Gasteiger partial charge in [-0.3, -0.25) is 0 Å². The van der Waals surface area contributed by atoms with Crippen LogP contribution in [-0.4, -0.2) is 18.4 Å². The lowest BCUT2D eigenvalue weighted by Crippen LogP contribution is -1.93. The Labute approximate surface area is 111 Å². The van der Waals surface area contributed by atoms with Crippen LogP contribution in [0.3, 0.4) is 0 Å². The summed E-state index contributed by atoms with van der Waals surface area (Å²) < 4.78 is 19.3. The minimum Gasteiger partial charge on any atom is -0.493 e. The average molecular weight is 306 g/mol. The van der Waals surface area contributed by atoms with Crippen molar-refractivity contribution in [3.05, 3.63) is 23.8 Å². The second kappa shape index (κ2) is 8.93. The van der Waals surface area contributed by atoms with Crippen LogP contribution in [0.5, 0.6) is 11.5 Å². The number of rotatable bonds is 3. The molecule has 7 heteroatoms. The van der Waals surface area contributed by atoms with Crippen molar-refractivity contribution >= 4 is 42.2 Å². The van der Waals surface area contributed by atoms with Gasteiger partial charge in [-0.1, -0.05) is 12.1 Å². The number of methoxy groups -OCH3 is 2. The predicted molar refractivity (Wildman–Crippen MR) is 69.0 cm³/mol. The number of halogens is 3. The van der Waals surface area contributed by atoms with Crippen molar-refractivity contribution in [3.63, 3.8) is 0 Å².